The Morgan fingerprint density at radius 1 is 1.29 bits per heavy atom. The zero-order chi connectivity index (χ0) is 15.8. The number of nitrogens with zero attached hydrogens (tertiary/aromatic N) is 2. The summed E-state index contributed by atoms with van der Waals surface area (Å²) in [6.45, 7) is 3.61. The van der Waals surface area contributed by atoms with Crippen LogP contribution >= 0.6 is 11.6 Å². The molecular formula is C14H10ClF3N2O. The van der Waals surface area contributed by atoms with Crippen LogP contribution < -0.4 is 0 Å². The van der Waals surface area contributed by atoms with E-state index in [-0.39, 0.29) is 21.9 Å². The van der Waals surface area contributed by atoms with Gasteiger partial charge in [0.2, 0.25) is 0 Å². The lowest BCUT2D eigenvalue weighted by Gasteiger charge is -2.07. The third-order valence-electron chi connectivity index (χ3n) is 2.82. The van der Waals surface area contributed by atoms with Gasteiger partial charge in [-0.05, 0) is 12.1 Å². The van der Waals surface area contributed by atoms with Crippen LogP contribution in [0, 0.1) is 0 Å². The molecule has 3 nitrogen and oxygen atoms in total. The van der Waals surface area contributed by atoms with E-state index in [4.69, 9.17) is 11.6 Å². The van der Waals surface area contributed by atoms with Crippen LogP contribution in [0.25, 0.3) is 5.57 Å². The van der Waals surface area contributed by atoms with Crippen LogP contribution in [0.4, 0.5) is 13.2 Å². The van der Waals surface area contributed by atoms with Gasteiger partial charge in [-0.3, -0.25) is 9.48 Å². The lowest BCUT2D eigenvalue weighted by atomic mass is 10.0. The minimum atomic E-state index is -4.44. The quantitative estimate of drug-likeness (QED) is 0.634. The molecule has 1 aromatic heterocycles. The molecule has 0 aliphatic rings. The molecule has 0 atom stereocenters. The van der Waals surface area contributed by atoms with Crippen molar-refractivity contribution in [3.05, 3.63) is 58.9 Å². The molecule has 110 valence electrons. The van der Waals surface area contributed by atoms with E-state index in [0.717, 1.165) is 24.3 Å². The summed E-state index contributed by atoms with van der Waals surface area (Å²) < 4.78 is 38.8. The van der Waals surface area contributed by atoms with E-state index < -0.39 is 17.5 Å². The predicted molar refractivity (Wildman–Crippen MR) is 73.0 cm³/mol. The molecule has 0 bridgehead atoms. The largest absolute Gasteiger partial charge is 0.416 e. The van der Waals surface area contributed by atoms with E-state index >= 15 is 0 Å². The standard InChI is InChI=1S/C14H10ClF3N2O/c1-8(12-11(15)7-20(2)19-12)13(21)9-3-5-10(6-4-9)14(16,17)18/h3-7H,1H2,2H3. The fourth-order valence-electron chi connectivity index (χ4n) is 1.76. The Hall–Kier alpha value is -2.08. The van der Waals surface area contributed by atoms with Crippen LogP contribution in [0.5, 0.6) is 0 Å². The lowest BCUT2D eigenvalue weighted by Crippen LogP contribution is -2.07. The normalized spacial score (nSPS) is 11.5. The van der Waals surface area contributed by atoms with E-state index in [0.29, 0.717) is 0 Å². The second-order valence-electron chi connectivity index (χ2n) is 4.38. The fraction of sp³-hybridized carbons (Fsp3) is 0.143. The number of aryl methyl sites for hydroxylation is 1. The first-order valence-electron chi connectivity index (χ1n) is 5.80. The minimum Gasteiger partial charge on any atom is -0.289 e. The van der Waals surface area contributed by atoms with Crippen molar-refractivity contribution in [2.75, 3.05) is 0 Å². The number of carbonyl (C=O) groups is 1. The summed E-state index contributed by atoms with van der Waals surface area (Å²) in [5, 5.41) is 4.25. The number of allylic oxidation sites excluding steroid dienone is 1. The molecule has 0 unspecified atom stereocenters. The number of ketones is 1. The summed E-state index contributed by atoms with van der Waals surface area (Å²) in [5.41, 5.74) is -0.486. The zero-order valence-corrected chi connectivity index (χ0v) is 11.7. The van der Waals surface area contributed by atoms with Gasteiger partial charge in [0.15, 0.2) is 5.78 Å². The molecule has 0 radical (unpaired) electrons. The van der Waals surface area contributed by atoms with Gasteiger partial charge >= 0.3 is 6.18 Å². The smallest absolute Gasteiger partial charge is 0.289 e. The monoisotopic (exact) mass is 314 g/mol. The van der Waals surface area contributed by atoms with Crippen molar-refractivity contribution in [1.82, 2.24) is 9.78 Å². The second kappa shape index (κ2) is 5.37. The van der Waals surface area contributed by atoms with Crippen LogP contribution in [0.2, 0.25) is 5.02 Å². The Morgan fingerprint density at radius 2 is 1.86 bits per heavy atom. The van der Waals surface area contributed by atoms with Gasteiger partial charge in [-0.1, -0.05) is 30.3 Å². The van der Waals surface area contributed by atoms with Crippen LogP contribution in [0.1, 0.15) is 21.6 Å². The number of Topliss-reactive ketones (excluding diaryl/α,β-unsaturated/α-hetero) is 1. The van der Waals surface area contributed by atoms with Crippen molar-refractivity contribution in [1.29, 1.82) is 0 Å². The first-order valence-corrected chi connectivity index (χ1v) is 6.18. The number of hydrogen-bond acceptors (Lipinski definition) is 2. The molecular weight excluding hydrogens is 305 g/mol. The highest BCUT2D eigenvalue weighted by Gasteiger charge is 2.30. The van der Waals surface area contributed by atoms with E-state index in [2.05, 4.69) is 11.7 Å². The number of halogens is 4. The molecule has 1 aromatic carbocycles. The number of alkyl halides is 3. The number of carbonyl (C=O) groups excluding carboxylic acids is 1. The molecule has 0 saturated heterocycles. The molecule has 21 heavy (non-hydrogen) atoms. The molecule has 0 amide bonds. The van der Waals surface area contributed by atoms with Crippen LogP contribution in [-0.4, -0.2) is 15.6 Å². The Morgan fingerprint density at radius 3 is 2.29 bits per heavy atom. The molecule has 7 heteroatoms. The highest BCUT2D eigenvalue weighted by molar-refractivity contribution is 6.36. The van der Waals surface area contributed by atoms with E-state index in [1.807, 2.05) is 0 Å². The molecule has 0 spiro atoms. The van der Waals surface area contributed by atoms with Gasteiger partial charge in [0, 0.05) is 24.4 Å². The molecule has 0 aliphatic heterocycles. The molecule has 0 aliphatic carbocycles. The second-order valence-corrected chi connectivity index (χ2v) is 4.79. The lowest BCUT2D eigenvalue weighted by molar-refractivity contribution is -0.137. The highest BCUT2D eigenvalue weighted by Crippen LogP contribution is 2.30. The third-order valence-corrected chi connectivity index (χ3v) is 3.10. The van der Waals surface area contributed by atoms with Crippen molar-refractivity contribution in [2.24, 2.45) is 7.05 Å². The SMILES string of the molecule is C=C(C(=O)c1ccc(C(F)(F)F)cc1)c1nn(C)cc1Cl. The molecule has 0 saturated carbocycles. The fourth-order valence-corrected chi connectivity index (χ4v) is 2.05. The first kappa shape index (κ1) is 15.3. The van der Waals surface area contributed by atoms with Crippen LogP contribution in [0.3, 0.4) is 0 Å². The van der Waals surface area contributed by atoms with Gasteiger partial charge in [-0.25, -0.2) is 0 Å². The van der Waals surface area contributed by atoms with Crippen molar-refractivity contribution in [3.8, 4) is 0 Å². The van der Waals surface area contributed by atoms with Crippen molar-refractivity contribution in [2.45, 2.75) is 6.18 Å². The summed E-state index contributed by atoms with van der Waals surface area (Å²) in [6.07, 6.45) is -2.94. The summed E-state index contributed by atoms with van der Waals surface area (Å²) in [4.78, 5) is 12.2. The Balaban J connectivity index is 2.28. The molecule has 2 rings (SSSR count). The Bertz CT molecular complexity index is 702. The predicted octanol–water partition coefficient (Wildman–Crippen LogP) is 3.99. The van der Waals surface area contributed by atoms with Gasteiger partial charge in [-0.2, -0.15) is 18.3 Å². The van der Waals surface area contributed by atoms with Gasteiger partial charge in [0.1, 0.15) is 5.69 Å². The van der Waals surface area contributed by atoms with Crippen molar-refractivity contribution < 1.29 is 18.0 Å². The molecule has 2 aromatic rings. The topological polar surface area (TPSA) is 34.9 Å². The number of benzene rings is 1. The average Bonchev–Trinajstić information content (AvgIpc) is 2.75. The Kier molecular flexibility index (Phi) is 3.91. The van der Waals surface area contributed by atoms with Gasteiger partial charge in [-0.15, -0.1) is 0 Å². The van der Waals surface area contributed by atoms with Gasteiger partial charge < -0.3 is 0 Å². The summed E-state index contributed by atoms with van der Waals surface area (Å²) >= 11 is 5.91. The van der Waals surface area contributed by atoms with Gasteiger partial charge in [0.25, 0.3) is 0 Å². The minimum absolute atomic E-state index is 0.0281. The maximum Gasteiger partial charge on any atom is 0.416 e. The first-order chi connectivity index (χ1) is 9.70. The van der Waals surface area contributed by atoms with E-state index in [1.165, 1.54) is 10.9 Å². The van der Waals surface area contributed by atoms with Gasteiger partial charge in [0.05, 0.1) is 10.6 Å². The molecule has 1 heterocycles. The molecule has 0 N–H and O–H groups in total. The number of rotatable bonds is 3. The Labute approximate surface area is 123 Å². The molecule has 0 fully saturated rings. The third kappa shape index (κ3) is 3.16. The summed E-state index contributed by atoms with van der Waals surface area (Å²) in [5.74, 6) is -0.524. The summed E-state index contributed by atoms with van der Waals surface area (Å²) in [6, 6.07) is 3.90. The van der Waals surface area contributed by atoms with Crippen molar-refractivity contribution >= 4 is 23.0 Å². The maximum atomic E-state index is 12.5. The van der Waals surface area contributed by atoms with E-state index in [9.17, 15) is 18.0 Å². The van der Waals surface area contributed by atoms with Crippen LogP contribution in [-0.2, 0) is 13.2 Å². The number of aromatic nitrogens is 2. The number of hydrogen-bond donors (Lipinski definition) is 0. The maximum absolute atomic E-state index is 12.5. The summed E-state index contributed by atoms with van der Waals surface area (Å²) in [7, 11) is 1.63. The van der Waals surface area contributed by atoms with Crippen LogP contribution in [0.15, 0.2) is 37.0 Å². The van der Waals surface area contributed by atoms with E-state index in [1.54, 1.807) is 7.05 Å². The van der Waals surface area contributed by atoms with Crippen molar-refractivity contribution in [3.63, 3.8) is 0 Å². The zero-order valence-electron chi connectivity index (χ0n) is 10.9. The average molecular weight is 315 g/mol. The highest BCUT2D eigenvalue weighted by atomic mass is 35.5.